The van der Waals surface area contributed by atoms with E-state index in [1.807, 2.05) is 0 Å². The molecule has 54 valence electrons. The molecule has 0 radical (unpaired) electrons. The molecule has 0 amide bonds. The van der Waals surface area contributed by atoms with Gasteiger partial charge >= 0.3 is 0 Å². The number of rotatable bonds is 0. The summed E-state index contributed by atoms with van der Waals surface area (Å²) in [6.45, 7) is 4.38. The summed E-state index contributed by atoms with van der Waals surface area (Å²) in [5, 5.41) is 9.35. The van der Waals surface area contributed by atoms with Crippen molar-refractivity contribution in [2.45, 2.75) is 39.2 Å². The Hall–Kier alpha value is -0.0400. The third kappa shape index (κ3) is 1.45. The van der Waals surface area contributed by atoms with E-state index in [1.54, 1.807) is 0 Å². The lowest BCUT2D eigenvalue weighted by atomic mass is 9.80. The first kappa shape index (κ1) is 7.07. The molecule has 3 atom stereocenters. The molecule has 0 aliphatic heterocycles. The van der Waals surface area contributed by atoms with Gasteiger partial charge in [-0.05, 0) is 18.3 Å². The van der Waals surface area contributed by atoms with E-state index < -0.39 is 0 Å². The van der Waals surface area contributed by atoms with E-state index in [4.69, 9.17) is 0 Å². The summed E-state index contributed by atoms with van der Waals surface area (Å²) >= 11 is 0. The average molecular weight is 128 g/mol. The fourth-order valence-corrected chi connectivity index (χ4v) is 1.55. The first-order valence-corrected chi connectivity index (χ1v) is 3.90. The van der Waals surface area contributed by atoms with E-state index in [2.05, 4.69) is 13.8 Å². The molecule has 0 unspecified atom stereocenters. The van der Waals surface area contributed by atoms with Crippen LogP contribution in [0.4, 0.5) is 0 Å². The maximum Gasteiger partial charge on any atom is 0.0568 e. The Morgan fingerprint density at radius 2 is 1.89 bits per heavy atom. The lowest BCUT2D eigenvalue weighted by Crippen LogP contribution is -2.28. The molecule has 9 heavy (non-hydrogen) atoms. The normalized spacial score (nSPS) is 45.0. The molecule has 1 aliphatic rings. The Bertz CT molecular complexity index is 80.6. The minimum Gasteiger partial charge on any atom is -0.393 e. The van der Waals surface area contributed by atoms with Crippen LogP contribution in [-0.4, -0.2) is 11.2 Å². The molecule has 1 rings (SSSR count). The smallest absolute Gasteiger partial charge is 0.0568 e. The van der Waals surface area contributed by atoms with E-state index in [-0.39, 0.29) is 6.10 Å². The quantitative estimate of drug-likeness (QED) is 0.527. The summed E-state index contributed by atoms with van der Waals surface area (Å²) in [4.78, 5) is 0. The number of aliphatic hydroxyl groups excluding tert-OH is 1. The molecule has 1 aliphatic carbocycles. The first-order chi connectivity index (χ1) is 4.22. The molecule has 0 aromatic carbocycles. The molecular weight excluding hydrogens is 112 g/mol. The van der Waals surface area contributed by atoms with Gasteiger partial charge in [-0.25, -0.2) is 0 Å². The maximum atomic E-state index is 9.35. The van der Waals surface area contributed by atoms with Crippen molar-refractivity contribution in [2.75, 3.05) is 0 Å². The second-order valence-electron chi connectivity index (χ2n) is 3.33. The summed E-state index contributed by atoms with van der Waals surface area (Å²) in [5.41, 5.74) is 0. The predicted octanol–water partition coefficient (Wildman–Crippen LogP) is 1.80. The van der Waals surface area contributed by atoms with Gasteiger partial charge in [-0.15, -0.1) is 0 Å². The van der Waals surface area contributed by atoms with E-state index in [0.29, 0.717) is 5.92 Å². The van der Waals surface area contributed by atoms with Crippen molar-refractivity contribution in [1.29, 1.82) is 0 Å². The van der Waals surface area contributed by atoms with E-state index in [9.17, 15) is 5.11 Å². The minimum atomic E-state index is -0.0197. The predicted molar refractivity (Wildman–Crippen MR) is 38.2 cm³/mol. The van der Waals surface area contributed by atoms with Crippen molar-refractivity contribution >= 4 is 0 Å². The van der Waals surface area contributed by atoms with Gasteiger partial charge in [-0.3, -0.25) is 0 Å². The van der Waals surface area contributed by atoms with Gasteiger partial charge in [0.05, 0.1) is 6.10 Å². The molecule has 0 heterocycles. The highest BCUT2D eigenvalue weighted by Gasteiger charge is 2.24. The van der Waals surface area contributed by atoms with E-state index in [0.717, 1.165) is 12.3 Å². The summed E-state index contributed by atoms with van der Waals surface area (Å²) in [7, 11) is 0. The van der Waals surface area contributed by atoms with Crippen LogP contribution in [0.5, 0.6) is 0 Å². The molecule has 1 N–H and O–H groups in total. The lowest BCUT2D eigenvalue weighted by molar-refractivity contribution is 0.0486. The summed E-state index contributed by atoms with van der Waals surface area (Å²) in [6.07, 6.45) is 3.52. The highest BCUT2D eigenvalue weighted by molar-refractivity contribution is 4.75. The van der Waals surface area contributed by atoms with Crippen LogP contribution in [0.3, 0.4) is 0 Å². The molecule has 1 heteroatoms. The van der Waals surface area contributed by atoms with Crippen LogP contribution in [0.1, 0.15) is 33.1 Å². The standard InChI is InChI=1S/C8H16O/c1-6-4-3-5-8(9)7(6)2/h6-9H,3-5H2,1-2H3/t6-,7+,8-/m1/s1. The van der Waals surface area contributed by atoms with Crippen molar-refractivity contribution in [3.63, 3.8) is 0 Å². The van der Waals surface area contributed by atoms with Gasteiger partial charge in [0.2, 0.25) is 0 Å². The Labute approximate surface area is 57.1 Å². The lowest BCUT2D eigenvalue weighted by Gasteiger charge is -2.30. The largest absolute Gasteiger partial charge is 0.393 e. The van der Waals surface area contributed by atoms with Crippen LogP contribution in [0.15, 0.2) is 0 Å². The Kier molecular flexibility index (Phi) is 2.12. The zero-order chi connectivity index (χ0) is 6.85. The molecule has 0 aromatic heterocycles. The van der Waals surface area contributed by atoms with Crippen LogP contribution in [-0.2, 0) is 0 Å². The van der Waals surface area contributed by atoms with Gasteiger partial charge in [0.25, 0.3) is 0 Å². The Balaban J connectivity index is 2.41. The SMILES string of the molecule is C[C@H]1[C@H](C)CCC[C@H]1O. The molecular formula is C8H16O. The van der Waals surface area contributed by atoms with Gasteiger partial charge < -0.3 is 5.11 Å². The third-order valence-corrected chi connectivity index (χ3v) is 2.66. The fraction of sp³-hybridized carbons (Fsp3) is 1.00. The van der Waals surface area contributed by atoms with Crippen molar-refractivity contribution < 1.29 is 5.11 Å². The number of hydrogen-bond donors (Lipinski definition) is 1. The number of aliphatic hydroxyl groups is 1. The van der Waals surface area contributed by atoms with Crippen molar-refractivity contribution in [2.24, 2.45) is 11.8 Å². The van der Waals surface area contributed by atoms with Gasteiger partial charge in [0, 0.05) is 0 Å². The Morgan fingerprint density at radius 3 is 2.33 bits per heavy atom. The van der Waals surface area contributed by atoms with Gasteiger partial charge in [0.15, 0.2) is 0 Å². The van der Waals surface area contributed by atoms with Crippen LogP contribution in [0, 0.1) is 11.8 Å². The number of hydrogen-bond acceptors (Lipinski definition) is 1. The van der Waals surface area contributed by atoms with Crippen molar-refractivity contribution in [3.05, 3.63) is 0 Å². The molecule has 0 saturated heterocycles. The maximum absolute atomic E-state index is 9.35. The highest BCUT2D eigenvalue weighted by atomic mass is 16.3. The third-order valence-electron chi connectivity index (χ3n) is 2.66. The van der Waals surface area contributed by atoms with Crippen molar-refractivity contribution in [1.82, 2.24) is 0 Å². The fourth-order valence-electron chi connectivity index (χ4n) is 1.55. The van der Waals surface area contributed by atoms with Gasteiger partial charge in [-0.2, -0.15) is 0 Å². The van der Waals surface area contributed by atoms with Crippen LogP contribution < -0.4 is 0 Å². The molecule has 1 nitrogen and oxygen atoms in total. The topological polar surface area (TPSA) is 20.2 Å². The molecule has 1 saturated carbocycles. The Morgan fingerprint density at radius 1 is 1.22 bits per heavy atom. The summed E-state index contributed by atoms with van der Waals surface area (Å²) in [5.74, 6) is 1.26. The molecule has 0 bridgehead atoms. The van der Waals surface area contributed by atoms with Crippen LogP contribution >= 0.6 is 0 Å². The second-order valence-corrected chi connectivity index (χ2v) is 3.33. The van der Waals surface area contributed by atoms with Crippen molar-refractivity contribution in [3.8, 4) is 0 Å². The highest BCUT2D eigenvalue weighted by Crippen LogP contribution is 2.28. The van der Waals surface area contributed by atoms with Gasteiger partial charge in [-0.1, -0.05) is 26.7 Å². The average Bonchev–Trinajstić information content (AvgIpc) is 1.83. The first-order valence-electron chi connectivity index (χ1n) is 3.90. The van der Waals surface area contributed by atoms with Gasteiger partial charge in [0.1, 0.15) is 0 Å². The van der Waals surface area contributed by atoms with E-state index in [1.165, 1.54) is 12.8 Å². The second kappa shape index (κ2) is 2.70. The summed E-state index contributed by atoms with van der Waals surface area (Å²) in [6, 6.07) is 0. The zero-order valence-corrected chi connectivity index (χ0v) is 6.30. The van der Waals surface area contributed by atoms with E-state index >= 15 is 0 Å². The molecule has 0 spiro atoms. The molecule has 0 aromatic rings. The van der Waals surface area contributed by atoms with Crippen LogP contribution in [0.25, 0.3) is 0 Å². The summed E-state index contributed by atoms with van der Waals surface area (Å²) < 4.78 is 0. The monoisotopic (exact) mass is 128 g/mol. The zero-order valence-electron chi connectivity index (χ0n) is 6.30. The van der Waals surface area contributed by atoms with Crippen LogP contribution in [0.2, 0.25) is 0 Å². The minimum absolute atomic E-state index is 0.0197. The molecule has 1 fully saturated rings.